The molecule has 106 valence electrons. The Bertz CT molecular complexity index is 600. The summed E-state index contributed by atoms with van der Waals surface area (Å²) in [5.41, 5.74) is 3.35. The SMILES string of the molecule is CNc1cncc(Oc2cc(C)ccc2C(C)(C)C)c1. The van der Waals surface area contributed by atoms with Crippen LogP contribution in [0.3, 0.4) is 0 Å². The molecule has 2 aromatic rings. The van der Waals surface area contributed by atoms with Crippen LogP contribution in [0, 0.1) is 6.92 Å². The minimum absolute atomic E-state index is 0.0388. The van der Waals surface area contributed by atoms with E-state index >= 15 is 0 Å². The summed E-state index contributed by atoms with van der Waals surface area (Å²) in [6.07, 6.45) is 3.50. The Balaban J connectivity index is 2.39. The molecule has 0 radical (unpaired) electrons. The summed E-state index contributed by atoms with van der Waals surface area (Å²) in [6.45, 7) is 8.63. The maximum absolute atomic E-state index is 6.06. The van der Waals surface area contributed by atoms with Gasteiger partial charge in [0, 0.05) is 18.7 Å². The van der Waals surface area contributed by atoms with E-state index in [-0.39, 0.29) is 5.41 Å². The summed E-state index contributed by atoms with van der Waals surface area (Å²) in [5, 5.41) is 3.07. The van der Waals surface area contributed by atoms with E-state index in [1.54, 1.807) is 12.4 Å². The summed E-state index contributed by atoms with van der Waals surface area (Å²) in [7, 11) is 1.87. The zero-order valence-electron chi connectivity index (χ0n) is 12.8. The minimum Gasteiger partial charge on any atom is -0.455 e. The average molecular weight is 270 g/mol. The normalized spacial score (nSPS) is 11.2. The average Bonchev–Trinajstić information content (AvgIpc) is 2.37. The van der Waals surface area contributed by atoms with Crippen LogP contribution in [0.15, 0.2) is 36.7 Å². The van der Waals surface area contributed by atoms with Crippen molar-refractivity contribution in [3.05, 3.63) is 47.8 Å². The lowest BCUT2D eigenvalue weighted by Gasteiger charge is -2.23. The largest absolute Gasteiger partial charge is 0.455 e. The van der Waals surface area contributed by atoms with Crippen molar-refractivity contribution in [2.45, 2.75) is 33.1 Å². The van der Waals surface area contributed by atoms with Gasteiger partial charge in [-0.15, -0.1) is 0 Å². The minimum atomic E-state index is 0.0388. The first-order valence-electron chi connectivity index (χ1n) is 6.82. The fourth-order valence-corrected chi connectivity index (χ4v) is 2.07. The Morgan fingerprint density at radius 3 is 2.50 bits per heavy atom. The van der Waals surface area contributed by atoms with Gasteiger partial charge in [0.1, 0.15) is 11.5 Å². The van der Waals surface area contributed by atoms with E-state index in [0.717, 1.165) is 17.2 Å². The third-order valence-electron chi connectivity index (χ3n) is 3.17. The number of aryl methyl sites for hydroxylation is 1. The molecule has 20 heavy (non-hydrogen) atoms. The van der Waals surface area contributed by atoms with Gasteiger partial charge in [0.05, 0.1) is 18.1 Å². The number of ether oxygens (including phenoxy) is 1. The zero-order valence-corrected chi connectivity index (χ0v) is 12.8. The van der Waals surface area contributed by atoms with Gasteiger partial charge in [0.25, 0.3) is 0 Å². The lowest BCUT2D eigenvalue weighted by atomic mass is 9.86. The molecule has 0 unspecified atom stereocenters. The van der Waals surface area contributed by atoms with Gasteiger partial charge in [0.15, 0.2) is 0 Å². The van der Waals surface area contributed by atoms with Crippen LogP contribution in [0.25, 0.3) is 0 Å². The van der Waals surface area contributed by atoms with Gasteiger partial charge < -0.3 is 10.1 Å². The summed E-state index contributed by atoms with van der Waals surface area (Å²) in [4.78, 5) is 4.18. The van der Waals surface area contributed by atoms with Crippen molar-refractivity contribution in [3.63, 3.8) is 0 Å². The molecule has 1 aromatic heterocycles. The molecule has 1 aromatic carbocycles. The molecule has 0 aliphatic heterocycles. The Morgan fingerprint density at radius 1 is 1.10 bits per heavy atom. The fourth-order valence-electron chi connectivity index (χ4n) is 2.07. The maximum Gasteiger partial charge on any atom is 0.147 e. The topological polar surface area (TPSA) is 34.2 Å². The van der Waals surface area contributed by atoms with Gasteiger partial charge >= 0.3 is 0 Å². The second-order valence-electron chi connectivity index (χ2n) is 6.01. The molecule has 0 fully saturated rings. The Morgan fingerprint density at radius 2 is 1.85 bits per heavy atom. The van der Waals surface area contributed by atoms with E-state index in [1.807, 2.05) is 13.1 Å². The van der Waals surface area contributed by atoms with Crippen LogP contribution in [0.4, 0.5) is 5.69 Å². The number of rotatable bonds is 3. The van der Waals surface area contributed by atoms with Crippen molar-refractivity contribution < 1.29 is 4.74 Å². The number of anilines is 1. The van der Waals surface area contributed by atoms with E-state index in [2.05, 4.69) is 56.2 Å². The Hall–Kier alpha value is -2.03. The fraction of sp³-hybridized carbons (Fsp3) is 0.353. The van der Waals surface area contributed by atoms with Gasteiger partial charge in [-0.3, -0.25) is 4.98 Å². The second kappa shape index (κ2) is 5.53. The monoisotopic (exact) mass is 270 g/mol. The van der Waals surface area contributed by atoms with Crippen LogP contribution >= 0.6 is 0 Å². The molecule has 0 saturated heterocycles. The van der Waals surface area contributed by atoms with E-state index in [1.165, 1.54) is 11.1 Å². The summed E-state index contributed by atoms with van der Waals surface area (Å²) >= 11 is 0. The Kier molecular flexibility index (Phi) is 3.98. The number of aromatic nitrogens is 1. The third-order valence-corrected chi connectivity index (χ3v) is 3.17. The van der Waals surface area contributed by atoms with E-state index in [0.29, 0.717) is 0 Å². The standard InChI is InChI=1S/C17H22N2O/c1-12-6-7-15(17(2,3)4)16(8-12)20-14-9-13(18-5)10-19-11-14/h6-11,18H,1-5H3. The molecular weight excluding hydrogens is 248 g/mol. The van der Waals surface area contributed by atoms with Crippen LogP contribution in [0.5, 0.6) is 11.5 Å². The first kappa shape index (κ1) is 14.4. The van der Waals surface area contributed by atoms with Crippen molar-refractivity contribution in [1.29, 1.82) is 0 Å². The van der Waals surface area contributed by atoms with Crippen LogP contribution in [-0.2, 0) is 5.41 Å². The van der Waals surface area contributed by atoms with Gasteiger partial charge in [0.2, 0.25) is 0 Å². The quantitative estimate of drug-likeness (QED) is 0.890. The number of hydrogen-bond acceptors (Lipinski definition) is 3. The van der Waals surface area contributed by atoms with Crippen LogP contribution in [0.2, 0.25) is 0 Å². The molecule has 0 saturated carbocycles. The van der Waals surface area contributed by atoms with E-state index < -0.39 is 0 Å². The molecule has 0 spiro atoms. The van der Waals surface area contributed by atoms with E-state index in [4.69, 9.17) is 4.74 Å². The van der Waals surface area contributed by atoms with Crippen LogP contribution in [-0.4, -0.2) is 12.0 Å². The molecule has 0 atom stereocenters. The van der Waals surface area contributed by atoms with Crippen molar-refractivity contribution >= 4 is 5.69 Å². The lowest BCUT2D eigenvalue weighted by Crippen LogP contribution is -2.12. The maximum atomic E-state index is 6.06. The molecule has 3 nitrogen and oxygen atoms in total. The first-order valence-corrected chi connectivity index (χ1v) is 6.82. The predicted molar refractivity (Wildman–Crippen MR) is 83.7 cm³/mol. The number of nitrogens with one attached hydrogen (secondary N) is 1. The highest BCUT2D eigenvalue weighted by atomic mass is 16.5. The highest BCUT2D eigenvalue weighted by molar-refractivity contribution is 5.48. The number of nitrogens with zero attached hydrogens (tertiary/aromatic N) is 1. The van der Waals surface area contributed by atoms with Crippen LogP contribution < -0.4 is 10.1 Å². The highest BCUT2D eigenvalue weighted by Crippen LogP contribution is 2.35. The van der Waals surface area contributed by atoms with Crippen molar-refractivity contribution in [2.24, 2.45) is 0 Å². The summed E-state index contributed by atoms with van der Waals surface area (Å²) in [6, 6.07) is 8.28. The second-order valence-corrected chi connectivity index (χ2v) is 6.01. The van der Waals surface area contributed by atoms with E-state index in [9.17, 15) is 0 Å². The smallest absolute Gasteiger partial charge is 0.147 e. The lowest BCUT2D eigenvalue weighted by molar-refractivity contribution is 0.453. The molecule has 3 heteroatoms. The van der Waals surface area contributed by atoms with Gasteiger partial charge in [-0.05, 0) is 24.0 Å². The summed E-state index contributed by atoms with van der Waals surface area (Å²) in [5.74, 6) is 1.64. The molecule has 0 aliphatic carbocycles. The first-order chi connectivity index (χ1) is 9.40. The molecule has 0 amide bonds. The molecule has 2 rings (SSSR count). The zero-order chi connectivity index (χ0) is 14.8. The van der Waals surface area contributed by atoms with Crippen molar-refractivity contribution in [3.8, 4) is 11.5 Å². The molecule has 1 heterocycles. The van der Waals surface area contributed by atoms with Crippen LogP contribution in [0.1, 0.15) is 31.9 Å². The van der Waals surface area contributed by atoms with Gasteiger partial charge in [-0.2, -0.15) is 0 Å². The number of pyridine rings is 1. The molecule has 1 N–H and O–H groups in total. The van der Waals surface area contributed by atoms with Crippen molar-refractivity contribution in [1.82, 2.24) is 4.98 Å². The highest BCUT2D eigenvalue weighted by Gasteiger charge is 2.19. The molecule has 0 bridgehead atoms. The van der Waals surface area contributed by atoms with Gasteiger partial charge in [-0.25, -0.2) is 0 Å². The molecule has 0 aliphatic rings. The van der Waals surface area contributed by atoms with Gasteiger partial charge in [-0.1, -0.05) is 32.9 Å². The summed E-state index contributed by atoms with van der Waals surface area (Å²) < 4.78 is 6.06. The number of benzene rings is 1. The van der Waals surface area contributed by atoms with Crippen molar-refractivity contribution in [2.75, 3.05) is 12.4 Å². The third kappa shape index (κ3) is 3.29. The Labute approximate surface area is 121 Å². The predicted octanol–water partition coefficient (Wildman–Crippen LogP) is 4.52. The number of hydrogen-bond donors (Lipinski definition) is 1. The molecular formula is C17H22N2O.